The van der Waals surface area contributed by atoms with E-state index in [4.69, 9.17) is 14.2 Å². The minimum absolute atomic E-state index is 0.123. The number of hydrogen-bond donors (Lipinski definition) is 0. The highest BCUT2D eigenvalue weighted by Gasteiger charge is 2.88. The van der Waals surface area contributed by atoms with Gasteiger partial charge in [-0.3, -0.25) is 0 Å². The maximum atomic E-state index is 7.38. The van der Waals surface area contributed by atoms with Crippen molar-refractivity contribution < 1.29 is 14.2 Å². The van der Waals surface area contributed by atoms with Crippen LogP contribution in [0.4, 0.5) is 0 Å². The molecule has 4 bridgehead atoms. The summed E-state index contributed by atoms with van der Waals surface area (Å²) in [5.41, 5.74) is 2.73. The zero-order chi connectivity index (χ0) is 23.7. The summed E-state index contributed by atoms with van der Waals surface area (Å²) >= 11 is 0. The molecule has 4 saturated heterocycles. The predicted molar refractivity (Wildman–Crippen MR) is 134 cm³/mol. The number of ether oxygens (including phenoxy) is 3. The molecular formula is C32H28O3. The molecule has 0 radical (unpaired) electrons. The van der Waals surface area contributed by atoms with Gasteiger partial charge in [-0.2, -0.15) is 0 Å². The van der Waals surface area contributed by atoms with Gasteiger partial charge in [-0.1, -0.05) is 135 Å². The summed E-state index contributed by atoms with van der Waals surface area (Å²) in [5.74, 6) is -2.20. The number of hydrogen-bond acceptors (Lipinski definition) is 3. The third-order valence-corrected chi connectivity index (χ3v) is 8.60. The van der Waals surface area contributed by atoms with Crippen LogP contribution in [0, 0.1) is 11.8 Å². The van der Waals surface area contributed by atoms with E-state index >= 15 is 0 Å². The van der Waals surface area contributed by atoms with Crippen LogP contribution in [-0.4, -0.2) is 0 Å². The van der Waals surface area contributed by atoms with Crippen molar-refractivity contribution in [1.82, 2.24) is 0 Å². The lowest BCUT2D eigenvalue weighted by atomic mass is 9.64. The van der Waals surface area contributed by atoms with Gasteiger partial charge in [0, 0.05) is 11.1 Å². The Bertz CT molecular complexity index is 1250. The highest BCUT2D eigenvalue weighted by molar-refractivity contribution is 5.47. The average molecular weight is 461 g/mol. The van der Waals surface area contributed by atoms with Gasteiger partial charge in [0.15, 0.2) is 0 Å². The molecule has 0 amide bonds. The Balaban J connectivity index is 1.61. The molecule has 174 valence electrons. The maximum Gasteiger partial charge on any atom is 0.205 e. The van der Waals surface area contributed by atoms with Crippen molar-refractivity contribution in [1.29, 1.82) is 0 Å². The fourth-order valence-corrected chi connectivity index (χ4v) is 7.10. The summed E-state index contributed by atoms with van der Waals surface area (Å²) < 4.78 is 21.9. The lowest BCUT2D eigenvalue weighted by Gasteiger charge is -2.52. The van der Waals surface area contributed by atoms with E-state index in [0.29, 0.717) is 0 Å². The molecule has 3 nitrogen and oxygen atoms in total. The molecule has 8 rings (SSSR count). The van der Waals surface area contributed by atoms with Crippen LogP contribution in [0.3, 0.4) is 0 Å². The Hall–Kier alpha value is -3.24. The third kappa shape index (κ3) is 2.36. The first-order valence-electron chi connectivity index (χ1n) is 12.4. The molecule has 4 aliphatic rings. The smallest absolute Gasteiger partial charge is 0.205 e. The van der Waals surface area contributed by atoms with E-state index in [1.165, 1.54) is 0 Å². The quantitative estimate of drug-likeness (QED) is 0.333. The van der Waals surface area contributed by atoms with Crippen LogP contribution in [0.2, 0.25) is 0 Å². The van der Waals surface area contributed by atoms with E-state index < -0.39 is 22.8 Å². The molecule has 0 aliphatic carbocycles. The van der Waals surface area contributed by atoms with Crippen molar-refractivity contribution in [3.63, 3.8) is 0 Å². The fraction of sp³-hybridized carbons (Fsp3) is 0.250. The number of rotatable bonds is 4. The van der Waals surface area contributed by atoms with Gasteiger partial charge in [-0.15, -0.1) is 0 Å². The first kappa shape index (κ1) is 21.1. The Morgan fingerprint density at radius 1 is 0.400 bits per heavy atom. The molecule has 4 aromatic rings. The molecule has 4 aromatic carbocycles. The normalized spacial score (nSPS) is 37.0. The van der Waals surface area contributed by atoms with Crippen molar-refractivity contribution in [2.24, 2.45) is 11.8 Å². The summed E-state index contributed by atoms with van der Waals surface area (Å²) in [6, 6.07) is 41.9. The molecule has 0 unspecified atom stereocenters. The Morgan fingerprint density at radius 2 is 0.686 bits per heavy atom. The van der Waals surface area contributed by atoms with Crippen molar-refractivity contribution in [3.05, 3.63) is 144 Å². The third-order valence-electron chi connectivity index (χ3n) is 8.60. The molecular weight excluding hydrogens is 432 g/mol. The molecule has 0 N–H and O–H groups in total. The van der Waals surface area contributed by atoms with Crippen LogP contribution in [0.5, 0.6) is 0 Å². The van der Waals surface area contributed by atoms with Crippen LogP contribution in [0.25, 0.3) is 0 Å². The van der Waals surface area contributed by atoms with Crippen LogP contribution in [-0.2, 0) is 37.0 Å². The molecule has 0 spiro atoms. The van der Waals surface area contributed by atoms with Crippen LogP contribution >= 0.6 is 0 Å². The molecule has 35 heavy (non-hydrogen) atoms. The van der Waals surface area contributed by atoms with Crippen LogP contribution < -0.4 is 0 Å². The molecule has 0 aromatic heterocycles. The molecule has 0 saturated carbocycles. The first-order chi connectivity index (χ1) is 17.1. The lowest BCUT2D eigenvalue weighted by Crippen LogP contribution is -2.56. The monoisotopic (exact) mass is 460 g/mol. The second-order valence-electron chi connectivity index (χ2n) is 10.0. The summed E-state index contributed by atoms with van der Waals surface area (Å²) in [4.78, 5) is 0. The SMILES string of the molecule is C[C@@H]1[C@@]2(c3ccccc3)O[C@@]3(c4ccccc4)O[C@]1(c1ccccc1)[C@@](c1ccccc1)(O2)[C@H]3C. The summed E-state index contributed by atoms with van der Waals surface area (Å²) in [6.45, 7) is 4.44. The first-order valence-corrected chi connectivity index (χ1v) is 12.4. The predicted octanol–water partition coefficient (Wildman–Crippen LogP) is 6.85. The van der Waals surface area contributed by atoms with E-state index in [-0.39, 0.29) is 11.8 Å². The maximum absolute atomic E-state index is 7.38. The molecule has 4 fully saturated rings. The van der Waals surface area contributed by atoms with Crippen LogP contribution in [0.15, 0.2) is 121 Å². The summed E-state index contributed by atoms with van der Waals surface area (Å²) in [6.07, 6.45) is 0. The van der Waals surface area contributed by atoms with E-state index in [2.05, 4.69) is 123 Å². The van der Waals surface area contributed by atoms with Crippen molar-refractivity contribution in [2.45, 2.75) is 36.6 Å². The lowest BCUT2D eigenvalue weighted by molar-refractivity contribution is -0.449. The van der Waals surface area contributed by atoms with Crippen molar-refractivity contribution >= 4 is 0 Å². The minimum Gasteiger partial charge on any atom is -0.330 e. The highest BCUT2D eigenvalue weighted by atomic mass is 16.9. The zero-order valence-electron chi connectivity index (χ0n) is 19.9. The van der Waals surface area contributed by atoms with E-state index in [1.807, 2.05) is 12.1 Å². The van der Waals surface area contributed by atoms with Gasteiger partial charge in [0.1, 0.15) is 11.2 Å². The van der Waals surface area contributed by atoms with Gasteiger partial charge >= 0.3 is 0 Å². The average Bonchev–Trinajstić information content (AvgIpc) is 3.20. The summed E-state index contributed by atoms with van der Waals surface area (Å²) in [5, 5.41) is 0. The summed E-state index contributed by atoms with van der Waals surface area (Å²) in [7, 11) is 0. The molecule has 3 heteroatoms. The number of benzene rings is 4. The van der Waals surface area contributed by atoms with E-state index in [0.717, 1.165) is 22.3 Å². The van der Waals surface area contributed by atoms with Crippen molar-refractivity contribution in [3.8, 4) is 0 Å². The molecule has 6 atom stereocenters. The van der Waals surface area contributed by atoms with Crippen molar-refractivity contribution in [2.75, 3.05) is 0 Å². The minimum atomic E-state index is -0.979. The molecule has 4 heterocycles. The second kappa shape index (κ2) is 7.14. The Morgan fingerprint density at radius 3 is 1.00 bits per heavy atom. The molecule has 4 aliphatic heterocycles. The van der Waals surface area contributed by atoms with Gasteiger partial charge in [0.25, 0.3) is 0 Å². The van der Waals surface area contributed by atoms with Gasteiger partial charge < -0.3 is 14.2 Å². The van der Waals surface area contributed by atoms with Crippen LogP contribution in [0.1, 0.15) is 36.1 Å². The Kier molecular flexibility index (Phi) is 4.30. The van der Waals surface area contributed by atoms with Gasteiger partial charge in [-0.25, -0.2) is 0 Å². The standard InChI is InChI=1S/C32H28O3/c1-23-29(25-15-7-3-8-16-25)30(26-17-9-4-10-18-26)24(2)32(33-29,28-21-13-6-14-22-28)35-31(23,34-30)27-19-11-5-12-20-27/h3-24H,1-2H3/t23-,24+,29-,30-,31+,32+/m1/s1. The van der Waals surface area contributed by atoms with Gasteiger partial charge in [-0.05, 0) is 11.1 Å². The second-order valence-corrected chi connectivity index (χ2v) is 10.0. The van der Waals surface area contributed by atoms with Gasteiger partial charge in [0.2, 0.25) is 11.6 Å². The zero-order valence-corrected chi connectivity index (χ0v) is 19.9. The topological polar surface area (TPSA) is 27.7 Å². The Labute approximate surface area is 206 Å². The highest BCUT2D eigenvalue weighted by Crippen LogP contribution is 2.80. The van der Waals surface area contributed by atoms with E-state index in [9.17, 15) is 0 Å². The fourth-order valence-electron chi connectivity index (χ4n) is 7.10. The van der Waals surface area contributed by atoms with E-state index in [1.54, 1.807) is 0 Å². The largest absolute Gasteiger partial charge is 0.330 e. The van der Waals surface area contributed by atoms with Gasteiger partial charge in [0.05, 0.1) is 11.8 Å².